The second-order valence-corrected chi connectivity index (χ2v) is 7.07. The minimum absolute atomic E-state index is 0. The molecule has 0 heterocycles. The number of hydrogen-bond donors (Lipinski definition) is 0. The van der Waals surface area contributed by atoms with Crippen molar-refractivity contribution in [1.29, 1.82) is 0 Å². The first-order valence-corrected chi connectivity index (χ1v) is 8.39. The Bertz CT molecular complexity index is 489. The molecule has 3 nitrogen and oxygen atoms in total. The first kappa shape index (κ1) is 20.0. The van der Waals surface area contributed by atoms with Crippen LogP contribution in [0.2, 0.25) is 0 Å². The van der Waals surface area contributed by atoms with Crippen molar-refractivity contribution in [3.05, 3.63) is 35.9 Å². The molecule has 130 valence electrons. The van der Waals surface area contributed by atoms with E-state index < -0.39 is 0 Å². The van der Waals surface area contributed by atoms with E-state index in [4.69, 9.17) is 4.74 Å². The fourth-order valence-electron chi connectivity index (χ4n) is 3.75. The number of carbonyl (C=O) groups excluding carboxylic acids is 1. The second-order valence-electron chi connectivity index (χ2n) is 7.07. The van der Waals surface area contributed by atoms with Crippen LogP contribution < -0.4 is 0 Å². The first-order chi connectivity index (χ1) is 10.5. The van der Waals surface area contributed by atoms with Gasteiger partial charge >= 0.3 is 5.97 Å². The molecule has 0 amide bonds. The van der Waals surface area contributed by atoms with Gasteiger partial charge in [-0.2, -0.15) is 0 Å². The standard InChI is InChI=1S/C19H29NO2.ClH/c1-15(2)19(13-9-8-12-17(19)14-20(3)4)22-18(21)16-10-6-5-7-11-16;/h5-7,10-11,15,17H,8-9,12-14H2,1-4H3;1H. The van der Waals surface area contributed by atoms with Gasteiger partial charge in [0.15, 0.2) is 0 Å². The van der Waals surface area contributed by atoms with Crippen LogP contribution in [-0.4, -0.2) is 37.1 Å². The number of carbonyl (C=O) groups is 1. The normalized spacial score (nSPS) is 24.3. The smallest absolute Gasteiger partial charge is 0.338 e. The Balaban J connectivity index is 0.00000264. The molecule has 1 saturated carbocycles. The van der Waals surface area contributed by atoms with Gasteiger partial charge in [-0.25, -0.2) is 4.79 Å². The average Bonchev–Trinajstić information content (AvgIpc) is 2.49. The SMILES string of the molecule is CC(C)C1(OC(=O)c2ccccc2)CCCCC1CN(C)C.Cl. The molecule has 1 aromatic rings. The van der Waals surface area contributed by atoms with Gasteiger partial charge in [0.05, 0.1) is 5.56 Å². The molecule has 1 aliphatic rings. The van der Waals surface area contributed by atoms with E-state index in [1.807, 2.05) is 30.3 Å². The molecule has 4 heteroatoms. The zero-order valence-corrected chi connectivity index (χ0v) is 15.6. The number of benzene rings is 1. The summed E-state index contributed by atoms with van der Waals surface area (Å²) >= 11 is 0. The van der Waals surface area contributed by atoms with Crippen molar-refractivity contribution in [2.45, 2.75) is 45.1 Å². The summed E-state index contributed by atoms with van der Waals surface area (Å²) in [5.41, 5.74) is 0.312. The van der Waals surface area contributed by atoms with Gasteiger partial charge < -0.3 is 9.64 Å². The largest absolute Gasteiger partial charge is 0.455 e. The molecule has 0 N–H and O–H groups in total. The van der Waals surface area contributed by atoms with Gasteiger partial charge in [-0.05, 0) is 51.4 Å². The predicted octanol–water partition coefficient (Wildman–Crippen LogP) is 4.41. The summed E-state index contributed by atoms with van der Waals surface area (Å²) in [5.74, 6) is 0.550. The van der Waals surface area contributed by atoms with Gasteiger partial charge in [-0.1, -0.05) is 38.5 Å². The topological polar surface area (TPSA) is 29.5 Å². The van der Waals surface area contributed by atoms with Crippen LogP contribution in [0, 0.1) is 11.8 Å². The van der Waals surface area contributed by atoms with Crippen molar-refractivity contribution in [3.63, 3.8) is 0 Å². The lowest BCUT2D eigenvalue weighted by Crippen LogP contribution is -2.52. The molecule has 0 aliphatic heterocycles. The molecule has 0 spiro atoms. The first-order valence-electron chi connectivity index (χ1n) is 8.39. The second kappa shape index (κ2) is 8.70. The quantitative estimate of drug-likeness (QED) is 0.744. The highest BCUT2D eigenvalue weighted by molar-refractivity contribution is 5.89. The number of halogens is 1. The minimum Gasteiger partial charge on any atom is -0.455 e. The highest BCUT2D eigenvalue weighted by atomic mass is 35.5. The Kier molecular flexibility index (Phi) is 7.56. The molecule has 0 saturated heterocycles. The van der Waals surface area contributed by atoms with E-state index in [0.29, 0.717) is 17.4 Å². The van der Waals surface area contributed by atoms with Gasteiger partial charge in [0.2, 0.25) is 0 Å². The van der Waals surface area contributed by atoms with Crippen LogP contribution in [0.15, 0.2) is 30.3 Å². The maximum absolute atomic E-state index is 12.6. The van der Waals surface area contributed by atoms with Crippen molar-refractivity contribution in [3.8, 4) is 0 Å². The number of rotatable bonds is 5. The number of nitrogens with zero attached hydrogens (tertiary/aromatic N) is 1. The highest BCUT2D eigenvalue weighted by Gasteiger charge is 2.46. The lowest BCUT2D eigenvalue weighted by atomic mass is 9.69. The molecule has 23 heavy (non-hydrogen) atoms. The summed E-state index contributed by atoms with van der Waals surface area (Å²) in [4.78, 5) is 14.8. The Morgan fingerprint density at radius 2 is 1.91 bits per heavy atom. The van der Waals surface area contributed by atoms with Gasteiger partial charge in [-0.15, -0.1) is 12.4 Å². The van der Waals surface area contributed by atoms with Crippen LogP contribution >= 0.6 is 12.4 Å². The lowest BCUT2D eigenvalue weighted by Gasteiger charge is -2.47. The van der Waals surface area contributed by atoms with Crippen molar-refractivity contribution >= 4 is 18.4 Å². The fourth-order valence-corrected chi connectivity index (χ4v) is 3.75. The van der Waals surface area contributed by atoms with Crippen LogP contribution in [0.5, 0.6) is 0 Å². The third-order valence-electron chi connectivity index (χ3n) is 4.92. The fraction of sp³-hybridized carbons (Fsp3) is 0.632. The lowest BCUT2D eigenvalue weighted by molar-refractivity contribution is -0.105. The molecule has 2 rings (SSSR count). The third kappa shape index (κ3) is 4.71. The highest BCUT2D eigenvalue weighted by Crippen LogP contribution is 2.43. The van der Waals surface area contributed by atoms with Crippen LogP contribution in [0.4, 0.5) is 0 Å². The Labute approximate surface area is 146 Å². The maximum Gasteiger partial charge on any atom is 0.338 e. The third-order valence-corrected chi connectivity index (χ3v) is 4.92. The average molecular weight is 340 g/mol. The molecule has 0 aromatic heterocycles. The van der Waals surface area contributed by atoms with Crippen molar-refractivity contribution < 1.29 is 9.53 Å². The molecule has 2 atom stereocenters. The summed E-state index contributed by atoms with van der Waals surface area (Å²) < 4.78 is 6.17. The van der Waals surface area contributed by atoms with Crippen molar-refractivity contribution in [2.75, 3.05) is 20.6 Å². The zero-order valence-electron chi connectivity index (χ0n) is 14.7. The minimum atomic E-state index is -0.338. The maximum atomic E-state index is 12.6. The molecule has 1 fully saturated rings. The number of hydrogen-bond acceptors (Lipinski definition) is 3. The summed E-state index contributed by atoms with van der Waals surface area (Å²) in [5, 5.41) is 0. The van der Waals surface area contributed by atoms with E-state index >= 15 is 0 Å². The predicted molar refractivity (Wildman–Crippen MR) is 97.2 cm³/mol. The van der Waals surface area contributed by atoms with Crippen molar-refractivity contribution in [1.82, 2.24) is 4.90 Å². The summed E-state index contributed by atoms with van der Waals surface area (Å²) in [6, 6.07) is 9.36. The number of esters is 1. The van der Waals surface area contributed by atoms with E-state index in [9.17, 15) is 4.79 Å². The van der Waals surface area contributed by atoms with Gasteiger partial charge in [0, 0.05) is 12.5 Å². The van der Waals surface area contributed by atoms with Crippen LogP contribution in [-0.2, 0) is 4.74 Å². The van der Waals surface area contributed by atoms with E-state index in [1.54, 1.807) is 0 Å². The summed E-state index contributed by atoms with van der Waals surface area (Å²) in [6.45, 7) is 5.35. The molecular formula is C19H30ClNO2. The van der Waals surface area contributed by atoms with Gasteiger partial charge in [0.1, 0.15) is 5.60 Å². The Hall–Kier alpha value is -1.06. The molecule has 0 bridgehead atoms. The van der Waals surface area contributed by atoms with E-state index in [-0.39, 0.29) is 24.0 Å². The van der Waals surface area contributed by atoms with Crippen LogP contribution in [0.1, 0.15) is 49.9 Å². The van der Waals surface area contributed by atoms with Crippen molar-refractivity contribution in [2.24, 2.45) is 11.8 Å². The Morgan fingerprint density at radius 1 is 1.26 bits per heavy atom. The number of ether oxygens (including phenoxy) is 1. The van der Waals surface area contributed by atoms with Gasteiger partial charge in [0.25, 0.3) is 0 Å². The monoisotopic (exact) mass is 339 g/mol. The van der Waals surface area contributed by atoms with Crippen LogP contribution in [0.3, 0.4) is 0 Å². The van der Waals surface area contributed by atoms with E-state index in [1.165, 1.54) is 6.42 Å². The Morgan fingerprint density at radius 3 is 2.48 bits per heavy atom. The molecule has 1 aromatic carbocycles. The zero-order chi connectivity index (χ0) is 16.2. The van der Waals surface area contributed by atoms with E-state index in [0.717, 1.165) is 25.8 Å². The van der Waals surface area contributed by atoms with Crippen LogP contribution in [0.25, 0.3) is 0 Å². The molecule has 0 radical (unpaired) electrons. The summed E-state index contributed by atoms with van der Waals surface area (Å²) in [6.07, 6.45) is 4.49. The molecular weight excluding hydrogens is 310 g/mol. The molecule has 2 unspecified atom stereocenters. The summed E-state index contributed by atoms with van der Waals surface area (Å²) in [7, 11) is 4.19. The van der Waals surface area contributed by atoms with Gasteiger partial charge in [-0.3, -0.25) is 0 Å². The molecule has 1 aliphatic carbocycles. The van der Waals surface area contributed by atoms with E-state index in [2.05, 4.69) is 32.8 Å².